The van der Waals surface area contributed by atoms with Crippen molar-refractivity contribution in [2.45, 2.75) is 55.6 Å². The molecule has 1 aromatic heterocycles. The first-order chi connectivity index (χ1) is 11.1. The van der Waals surface area contributed by atoms with Gasteiger partial charge in [-0.3, -0.25) is 14.3 Å². The van der Waals surface area contributed by atoms with Gasteiger partial charge >= 0.3 is 5.97 Å². The van der Waals surface area contributed by atoms with Gasteiger partial charge < -0.3 is 5.11 Å². The molecule has 2 fully saturated rings. The molecule has 6 heteroatoms. The zero-order valence-corrected chi connectivity index (χ0v) is 14.0. The number of fused-ring (bicyclic) bond motifs is 1. The van der Waals surface area contributed by atoms with Crippen molar-refractivity contribution in [3.05, 3.63) is 27.5 Å². The van der Waals surface area contributed by atoms with Crippen molar-refractivity contribution in [1.82, 2.24) is 9.47 Å². The topological polar surface area (TPSA) is 62.5 Å². The number of pyridine rings is 1. The summed E-state index contributed by atoms with van der Waals surface area (Å²) in [5, 5.41) is 10.3. The van der Waals surface area contributed by atoms with Gasteiger partial charge in [0.25, 0.3) is 5.56 Å². The van der Waals surface area contributed by atoms with Crippen molar-refractivity contribution in [3.63, 3.8) is 0 Å². The third kappa shape index (κ3) is 2.83. The summed E-state index contributed by atoms with van der Waals surface area (Å²) in [4.78, 5) is 26.4. The Morgan fingerprint density at radius 2 is 2.00 bits per heavy atom. The molecule has 2 aliphatic heterocycles. The Kier molecular flexibility index (Phi) is 3.97. The lowest BCUT2D eigenvalue weighted by Crippen LogP contribution is -2.32. The molecule has 1 saturated carbocycles. The van der Waals surface area contributed by atoms with Crippen molar-refractivity contribution < 1.29 is 9.90 Å². The molecule has 23 heavy (non-hydrogen) atoms. The first-order valence-electron chi connectivity index (χ1n) is 8.51. The average molecular weight is 334 g/mol. The van der Waals surface area contributed by atoms with E-state index in [1.807, 2.05) is 0 Å². The van der Waals surface area contributed by atoms with Gasteiger partial charge in [-0.05, 0) is 55.8 Å². The molecule has 0 radical (unpaired) electrons. The first-order valence-corrected chi connectivity index (χ1v) is 9.50. The second kappa shape index (κ2) is 5.98. The summed E-state index contributed by atoms with van der Waals surface area (Å²) in [5.41, 5.74) is 2.27. The highest BCUT2D eigenvalue weighted by atomic mass is 32.2. The summed E-state index contributed by atoms with van der Waals surface area (Å²) in [7, 11) is 0. The van der Waals surface area contributed by atoms with Gasteiger partial charge in [-0.2, -0.15) is 0 Å². The van der Waals surface area contributed by atoms with Crippen LogP contribution in [0.2, 0.25) is 0 Å². The number of thioether (sulfide) groups is 1. The van der Waals surface area contributed by atoms with Crippen LogP contribution in [-0.2, 0) is 11.3 Å². The second-order valence-electron chi connectivity index (χ2n) is 6.87. The summed E-state index contributed by atoms with van der Waals surface area (Å²) >= 11 is 1.55. The van der Waals surface area contributed by atoms with Gasteiger partial charge in [0.2, 0.25) is 0 Å². The van der Waals surface area contributed by atoms with E-state index >= 15 is 0 Å². The molecule has 0 unspecified atom stereocenters. The van der Waals surface area contributed by atoms with E-state index in [0.717, 1.165) is 43.1 Å². The number of carbonyl (C=O) groups is 1. The van der Waals surface area contributed by atoms with Crippen LogP contribution in [0.3, 0.4) is 0 Å². The highest BCUT2D eigenvalue weighted by Gasteiger charge is 2.37. The van der Waals surface area contributed by atoms with Crippen LogP contribution in [0, 0.1) is 0 Å². The number of carboxylic acids is 1. The number of aromatic nitrogens is 1. The Morgan fingerprint density at radius 3 is 2.65 bits per heavy atom. The quantitative estimate of drug-likeness (QED) is 0.916. The maximum Gasteiger partial charge on any atom is 0.327 e. The molecule has 0 aromatic carbocycles. The van der Waals surface area contributed by atoms with Crippen molar-refractivity contribution in [3.8, 4) is 0 Å². The molecule has 3 aliphatic rings. The summed E-state index contributed by atoms with van der Waals surface area (Å²) in [6, 6.07) is 1.01. The fourth-order valence-corrected chi connectivity index (χ4v) is 5.24. The Balaban J connectivity index is 1.74. The largest absolute Gasteiger partial charge is 0.480 e. The fourth-order valence-electron chi connectivity index (χ4n) is 3.82. The lowest BCUT2D eigenvalue weighted by molar-refractivity contribution is -0.140. The molecule has 1 N–H and O–H groups in total. The predicted octanol–water partition coefficient (Wildman–Crippen LogP) is 2.44. The van der Waals surface area contributed by atoms with Crippen molar-refractivity contribution in [1.29, 1.82) is 0 Å². The normalized spacial score (nSPS) is 24.6. The van der Waals surface area contributed by atoms with E-state index in [1.165, 1.54) is 29.4 Å². The van der Waals surface area contributed by atoms with E-state index in [0.29, 0.717) is 11.7 Å². The summed E-state index contributed by atoms with van der Waals surface area (Å²) in [6.45, 7) is 3.05. The third-order valence-electron chi connectivity index (χ3n) is 5.13. The van der Waals surface area contributed by atoms with Gasteiger partial charge in [-0.15, -0.1) is 11.8 Å². The highest BCUT2D eigenvalue weighted by Crippen LogP contribution is 2.48. The number of aliphatic carboxylic acids is 1. The molecule has 1 aliphatic carbocycles. The molecule has 0 spiro atoms. The van der Waals surface area contributed by atoms with E-state index < -0.39 is 12.0 Å². The van der Waals surface area contributed by atoms with Gasteiger partial charge in [0.1, 0.15) is 6.04 Å². The number of rotatable bonds is 4. The van der Waals surface area contributed by atoms with Crippen LogP contribution < -0.4 is 5.56 Å². The average Bonchev–Trinajstić information content (AvgIpc) is 3.25. The SMILES string of the molecule is O=C(O)[C@@H]1CSc2c(C3CC3)c(CN3CCCCC3)cc(=O)n21. The summed E-state index contributed by atoms with van der Waals surface area (Å²) in [6.07, 6.45) is 6.10. The van der Waals surface area contributed by atoms with Gasteiger partial charge in [0.15, 0.2) is 0 Å². The zero-order valence-electron chi connectivity index (χ0n) is 13.2. The van der Waals surface area contributed by atoms with Gasteiger partial charge in [0.05, 0.1) is 5.03 Å². The molecule has 0 bridgehead atoms. The molecular formula is C17H22N2O3S. The van der Waals surface area contributed by atoms with Crippen LogP contribution in [0.1, 0.15) is 55.2 Å². The number of likely N-dealkylation sites (tertiary alicyclic amines) is 1. The van der Waals surface area contributed by atoms with E-state index in [9.17, 15) is 14.7 Å². The zero-order chi connectivity index (χ0) is 16.0. The maximum absolute atomic E-state index is 12.6. The van der Waals surface area contributed by atoms with Crippen molar-refractivity contribution >= 4 is 17.7 Å². The highest BCUT2D eigenvalue weighted by molar-refractivity contribution is 7.99. The molecule has 1 atom stereocenters. The molecule has 124 valence electrons. The number of hydrogen-bond donors (Lipinski definition) is 1. The smallest absolute Gasteiger partial charge is 0.327 e. The van der Waals surface area contributed by atoms with Crippen LogP contribution in [-0.4, -0.2) is 39.4 Å². The van der Waals surface area contributed by atoms with E-state index in [1.54, 1.807) is 17.8 Å². The number of carboxylic acid groups (broad SMARTS) is 1. The lowest BCUT2D eigenvalue weighted by atomic mass is 10.0. The van der Waals surface area contributed by atoms with E-state index in [-0.39, 0.29) is 5.56 Å². The van der Waals surface area contributed by atoms with Crippen LogP contribution >= 0.6 is 11.8 Å². The van der Waals surface area contributed by atoms with Crippen molar-refractivity contribution in [2.75, 3.05) is 18.8 Å². The van der Waals surface area contributed by atoms with Crippen LogP contribution in [0.4, 0.5) is 0 Å². The van der Waals surface area contributed by atoms with Gasteiger partial charge in [-0.1, -0.05) is 6.42 Å². The summed E-state index contributed by atoms with van der Waals surface area (Å²) < 4.78 is 1.53. The molecule has 5 nitrogen and oxygen atoms in total. The monoisotopic (exact) mass is 334 g/mol. The first kappa shape index (κ1) is 15.3. The maximum atomic E-state index is 12.6. The Morgan fingerprint density at radius 1 is 1.26 bits per heavy atom. The van der Waals surface area contributed by atoms with Gasteiger partial charge in [-0.25, -0.2) is 4.79 Å². The van der Waals surface area contributed by atoms with Crippen molar-refractivity contribution in [2.24, 2.45) is 0 Å². The minimum atomic E-state index is -0.899. The summed E-state index contributed by atoms with van der Waals surface area (Å²) in [5.74, 6) is 0.0952. The molecule has 0 amide bonds. The van der Waals surface area contributed by atoms with E-state index in [2.05, 4.69) is 4.90 Å². The van der Waals surface area contributed by atoms with Crippen LogP contribution in [0.5, 0.6) is 0 Å². The molecule has 1 aromatic rings. The molecule has 1 saturated heterocycles. The lowest BCUT2D eigenvalue weighted by Gasteiger charge is -2.28. The second-order valence-corrected chi connectivity index (χ2v) is 7.88. The standard InChI is InChI=1S/C17H22N2O3S/c20-14-8-12(9-18-6-2-1-3-7-18)15(11-4-5-11)16-19(14)13(10-23-16)17(21)22/h8,11,13H,1-7,9-10H2,(H,21,22)/t13-/m0/s1. The Hall–Kier alpha value is -1.27. The third-order valence-corrected chi connectivity index (χ3v) is 6.31. The number of nitrogens with zero attached hydrogens (tertiary/aromatic N) is 2. The minimum Gasteiger partial charge on any atom is -0.480 e. The van der Waals surface area contributed by atoms with Crippen LogP contribution in [0.15, 0.2) is 15.9 Å². The Bertz CT molecular complexity index is 690. The molecular weight excluding hydrogens is 312 g/mol. The Labute approximate surface area is 139 Å². The molecule has 3 heterocycles. The number of hydrogen-bond acceptors (Lipinski definition) is 4. The molecule has 4 rings (SSSR count). The van der Waals surface area contributed by atoms with E-state index in [4.69, 9.17) is 0 Å². The van der Waals surface area contributed by atoms with Crippen LogP contribution in [0.25, 0.3) is 0 Å². The minimum absolute atomic E-state index is 0.145. The van der Waals surface area contributed by atoms with Gasteiger partial charge in [0, 0.05) is 18.4 Å². The number of piperidine rings is 1. The fraction of sp³-hybridized carbons (Fsp3) is 0.647. The predicted molar refractivity (Wildman–Crippen MR) is 89.2 cm³/mol.